The number of rotatable bonds is 1. The summed E-state index contributed by atoms with van der Waals surface area (Å²) in [5, 5.41) is 2.63. The van der Waals surface area contributed by atoms with Gasteiger partial charge in [-0.05, 0) is 13.8 Å². The minimum Gasteiger partial charge on any atom is -0.335 e. The van der Waals surface area contributed by atoms with Gasteiger partial charge in [-0.1, -0.05) is 0 Å². The van der Waals surface area contributed by atoms with Gasteiger partial charge in [0, 0.05) is 6.04 Å². The van der Waals surface area contributed by atoms with Gasteiger partial charge in [0.1, 0.15) is 0 Å². The van der Waals surface area contributed by atoms with E-state index in [2.05, 4.69) is 8.85 Å². The van der Waals surface area contributed by atoms with Gasteiger partial charge in [0.15, 0.2) is 0 Å². The molecule has 4 heteroatoms. The molecule has 8 heavy (non-hydrogen) atoms. The Bertz CT molecular complexity index is 84.1. The number of carbonyl (C=O) groups is 1. The van der Waals surface area contributed by atoms with Gasteiger partial charge in [-0.25, -0.2) is 4.79 Å². The van der Waals surface area contributed by atoms with Gasteiger partial charge in [-0.15, -0.1) is 0 Å². The molecule has 0 saturated carbocycles. The van der Waals surface area contributed by atoms with Crippen LogP contribution in [0.15, 0.2) is 0 Å². The molecule has 0 aromatic heterocycles. The quantitative estimate of drug-likeness (QED) is 0.511. The molecule has 0 unspecified atom stereocenters. The Morgan fingerprint density at radius 1 is 1.62 bits per heavy atom. The highest BCUT2D eigenvalue weighted by Gasteiger charge is 1.96. The van der Waals surface area contributed by atoms with Crippen LogP contribution in [0.25, 0.3) is 0 Å². The smallest absolute Gasteiger partial charge is 0.323 e. The van der Waals surface area contributed by atoms with Crippen LogP contribution in [-0.2, 0) is 0 Å². The van der Waals surface area contributed by atoms with Crippen LogP contribution in [0.3, 0.4) is 0 Å². The van der Waals surface area contributed by atoms with Crippen molar-refractivity contribution in [1.29, 1.82) is 0 Å². The number of halogens is 1. The molecule has 48 valence electrons. The van der Waals surface area contributed by atoms with Crippen molar-refractivity contribution in [1.82, 2.24) is 8.85 Å². The van der Waals surface area contributed by atoms with E-state index >= 15 is 0 Å². The van der Waals surface area contributed by atoms with Crippen molar-refractivity contribution >= 4 is 28.9 Å². The van der Waals surface area contributed by atoms with Gasteiger partial charge in [0.25, 0.3) is 0 Å². The van der Waals surface area contributed by atoms with E-state index in [9.17, 15) is 4.79 Å². The van der Waals surface area contributed by atoms with E-state index in [-0.39, 0.29) is 12.1 Å². The highest BCUT2D eigenvalue weighted by molar-refractivity contribution is 14.1. The van der Waals surface area contributed by atoms with Crippen molar-refractivity contribution in [3.05, 3.63) is 0 Å². The van der Waals surface area contributed by atoms with Crippen molar-refractivity contribution in [2.75, 3.05) is 0 Å². The normalized spacial score (nSPS) is 9.00. The summed E-state index contributed by atoms with van der Waals surface area (Å²) in [5.74, 6) is 0. The van der Waals surface area contributed by atoms with E-state index in [1.807, 2.05) is 13.8 Å². The molecular weight excluding hydrogens is 219 g/mol. The first-order valence-corrected chi connectivity index (χ1v) is 3.42. The average Bonchev–Trinajstić information content (AvgIpc) is 1.65. The SMILES string of the molecule is CC(C)NC(=O)NI. The number of hydrogen-bond donors (Lipinski definition) is 2. The summed E-state index contributed by atoms with van der Waals surface area (Å²) in [6, 6.07) is 0.0744. The Morgan fingerprint density at radius 3 is 2.25 bits per heavy atom. The van der Waals surface area contributed by atoms with E-state index in [1.54, 1.807) is 22.9 Å². The van der Waals surface area contributed by atoms with Gasteiger partial charge in [-0.2, -0.15) is 0 Å². The molecule has 0 aliphatic carbocycles. The Morgan fingerprint density at radius 2 is 2.12 bits per heavy atom. The predicted octanol–water partition coefficient (Wildman–Crippen LogP) is 1.04. The van der Waals surface area contributed by atoms with Gasteiger partial charge in [-0.3, -0.25) is 3.53 Å². The molecule has 0 rings (SSSR count). The zero-order valence-electron chi connectivity index (χ0n) is 4.86. The second-order valence-electron chi connectivity index (χ2n) is 1.72. The number of carbonyl (C=O) groups excluding carboxylic acids is 1. The molecule has 0 heterocycles. The molecule has 0 aromatic rings. The van der Waals surface area contributed by atoms with E-state index in [0.717, 1.165) is 0 Å². The lowest BCUT2D eigenvalue weighted by atomic mass is 10.4. The van der Waals surface area contributed by atoms with Crippen molar-refractivity contribution in [3.8, 4) is 0 Å². The molecule has 0 bridgehead atoms. The summed E-state index contributed by atoms with van der Waals surface area (Å²) < 4.78 is 2.42. The summed E-state index contributed by atoms with van der Waals surface area (Å²) >= 11 is 1.78. The second-order valence-corrected chi connectivity index (χ2v) is 2.26. The maximum absolute atomic E-state index is 10.4. The van der Waals surface area contributed by atoms with Crippen LogP contribution in [0.2, 0.25) is 0 Å². The van der Waals surface area contributed by atoms with Gasteiger partial charge >= 0.3 is 6.03 Å². The first-order valence-electron chi connectivity index (χ1n) is 2.34. The Hall–Kier alpha value is 0. The molecule has 3 nitrogen and oxygen atoms in total. The predicted molar refractivity (Wildman–Crippen MR) is 40.8 cm³/mol. The summed E-state index contributed by atoms with van der Waals surface area (Å²) in [6.45, 7) is 3.82. The molecule has 0 saturated heterocycles. The van der Waals surface area contributed by atoms with Crippen LogP contribution in [-0.4, -0.2) is 12.1 Å². The van der Waals surface area contributed by atoms with E-state index in [1.165, 1.54) is 0 Å². The van der Waals surface area contributed by atoms with E-state index in [0.29, 0.717) is 0 Å². The third-order valence-electron chi connectivity index (χ3n) is 0.506. The third kappa shape index (κ3) is 4.17. The highest BCUT2D eigenvalue weighted by Crippen LogP contribution is 1.77. The van der Waals surface area contributed by atoms with Crippen LogP contribution in [0.1, 0.15) is 13.8 Å². The van der Waals surface area contributed by atoms with Gasteiger partial charge in [0.05, 0.1) is 22.9 Å². The van der Waals surface area contributed by atoms with Crippen molar-refractivity contribution in [2.24, 2.45) is 0 Å². The lowest BCUT2D eigenvalue weighted by molar-refractivity contribution is 0.245. The van der Waals surface area contributed by atoms with Gasteiger partial charge < -0.3 is 5.32 Å². The van der Waals surface area contributed by atoms with Crippen molar-refractivity contribution in [3.63, 3.8) is 0 Å². The minimum atomic E-state index is -0.138. The molecule has 0 fully saturated rings. The zero-order chi connectivity index (χ0) is 6.57. The first kappa shape index (κ1) is 8.00. The summed E-state index contributed by atoms with van der Waals surface area (Å²) in [4.78, 5) is 10.4. The Labute approximate surface area is 62.7 Å². The first-order chi connectivity index (χ1) is 3.66. The molecule has 0 aliphatic rings. The van der Waals surface area contributed by atoms with Crippen LogP contribution in [0, 0.1) is 0 Å². The second kappa shape index (κ2) is 3.94. The Balaban J connectivity index is 3.25. The number of amides is 2. The maximum atomic E-state index is 10.4. The summed E-state index contributed by atoms with van der Waals surface area (Å²) in [7, 11) is 0. The fraction of sp³-hybridized carbons (Fsp3) is 0.750. The zero-order valence-corrected chi connectivity index (χ0v) is 7.02. The van der Waals surface area contributed by atoms with Crippen LogP contribution in [0.5, 0.6) is 0 Å². The monoisotopic (exact) mass is 228 g/mol. The fourth-order valence-corrected chi connectivity index (χ4v) is 0.445. The molecular formula is C4H9IN2O. The van der Waals surface area contributed by atoms with Crippen molar-refractivity contribution in [2.45, 2.75) is 19.9 Å². The Kier molecular flexibility index (Phi) is 3.94. The van der Waals surface area contributed by atoms with E-state index in [4.69, 9.17) is 0 Å². The molecule has 0 aliphatic heterocycles. The molecule has 0 radical (unpaired) electrons. The number of nitrogens with one attached hydrogen (secondary N) is 2. The van der Waals surface area contributed by atoms with Crippen LogP contribution >= 0.6 is 22.9 Å². The molecule has 2 N–H and O–H groups in total. The topological polar surface area (TPSA) is 41.1 Å². The highest BCUT2D eigenvalue weighted by atomic mass is 127. The van der Waals surface area contributed by atoms with Crippen LogP contribution < -0.4 is 8.85 Å². The lowest BCUT2D eigenvalue weighted by Gasteiger charge is -2.04. The number of urea groups is 1. The van der Waals surface area contributed by atoms with Crippen LogP contribution in [0.4, 0.5) is 4.79 Å². The van der Waals surface area contributed by atoms with Crippen molar-refractivity contribution < 1.29 is 4.79 Å². The summed E-state index contributed by atoms with van der Waals surface area (Å²) in [6.07, 6.45) is 0. The molecule has 0 atom stereocenters. The maximum Gasteiger partial charge on any atom is 0.323 e. The minimum absolute atomic E-state index is 0.138. The lowest BCUT2D eigenvalue weighted by Crippen LogP contribution is -2.34. The largest absolute Gasteiger partial charge is 0.335 e. The number of hydrogen-bond acceptors (Lipinski definition) is 1. The molecule has 2 amide bonds. The summed E-state index contributed by atoms with van der Waals surface area (Å²) in [5.41, 5.74) is 0. The van der Waals surface area contributed by atoms with Gasteiger partial charge in [0.2, 0.25) is 0 Å². The molecule has 0 spiro atoms. The standard InChI is InChI=1S/C4H9IN2O/c1-3(2)6-4(8)7-5/h3H,1-2H3,(H2,6,7,8). The average molecular weight is 228 g/mol. The third-order valence-corrected chi connectivity index (χ3v) is 0.995. The van der Waals surface area contributed by atoms with E-state index < -0.39 is 0 Å². The fourth-order valence-electron chi connectivity index (χ4n) is 0.289. The molecule has 0 aromatic carbocycles.